The average molecular weight is 410 g/mol. The van der Waals surface area contributed by atoms with Gasteiger partial charge in [-0.15, -0.1) is 13.2 Å². The molecule has 0 spiro atoms. The number of ether oxygens (including phenoxy) is 1. The molecule has 2 fully saturated rings. The molecule has 0 amide bonds. The summed E-state index contributed by atoms with van der Waals surface area (Å²) in [5, 5.41) is 0. The van der Waals surface area contributed by atoms with Crippen molar-refractivity contribution in [1.29, 1.82) is 0 Å². The Kier molecular flexibility index (Phi) is 6.05. The van der Waals surface area contributed by atoms with Gasteiger partial charge in [-0.25, -0.2) is 8.42 Å². The van der Waals surface area contributed by atoms with Gasteiger partial charge in [0.15, 0.2) is 0 Å². The van der Waals surface area contributed by atoms with Crippen LogP contribution in [0.1, 0.15) is 12.8 Å². The van der Waals surface area contributed by atoms with Crippen LogP contribution >= 0.6 is 11.8 Å². The zero-order valence-electron chi connectivity index (χ0n) is 14.1. The fourth-order valence-corrected chi connectivity index (χ4v) is 6.02. The van der Waals surface area contributed by atoms with Gasteiger partial charge in [0, 0.05) is 31.4 Å². The van der Waals surface area contributed by atoms with Gasteiger partial charge in [0.1, 0.15) is 5.75 Å². The van der Waals surface area contributed by atoms with Crippen molar-refractivity contribution in [2.45, 2.75) is 30.1 Å². The van der Waals surface area contributed by atoms with Gasteiger partial charge in [0.2, 0.25) is 10.0 Å². The number of sulfonamides is 1. The van der Waals surface area contributed by atoms with E-state index in [4.69, 9.17) is 0 Å². The number of hydrogen-bond acceptors (Lipinski definition) is 5. The Hall–Kier alpha value is -0.970. The molecule has 1 unspecified atom stereocenters. The molecule has 1 aromatic rings. The highest BCUT2D eigenvalue weighted by Crippen LogP contribution is 2.27. The predicted octanol–water partition coefficient (Wildman–Crippen LogP) is 2.79. The molecule has 0 bridgehead atoms. The van der Waals surface area contributed by atoms with E-state index >= 15 is 0 Å². The SMILES string of the molecule is O=S(=O)(c1ccc(OC(F)(F)F)cc1)N1CCCN(C2CCSC2)CC1. The van der Waals surface area contributed by atoms with E-state index in [1.165, 1.54) is 4.31 Å². The van der Waals surface area contributed by atoms with E-state index in [1.54, 1.807) is 0 Å². The van der Waals surface area contributed by atoms with Gasteiger partial charge in [0.25, 0.3) is 0 Å². The van der Waals surface area contributed by atoms with E-state index < -0.39 is 22.1 Å². The molecule has 0 saturated carbocycles. The standard InChI is InChI=1S/C16H21F3N2O3S2/c17-16(18,19)24-14-2-4-15(5-3-14)26(22,23)21-8-1-7-20(9-10-21)13-6-11-25-12-13/h2-5,13H,1,6-12H2. The summed E-state index contributed by atoms with van der Waals surface area (Å²) in [7, 11) is -3.73. The quantitative estimate of drug-likeness (QED) is 0.764. The summed E-state index contributed by atoms with van der Waals surface area (Å²) in [6.45, 7) is 2.36. The second-order valence-electron chi connectivity index (χ2n) is 6.33. The number of halogens is 3. The summed E-state index contributed by atoms with van der Waals surface area (Å²) in [6, 6.07) is 4.89. The third-order valence-electron chi connectivity index (χ3n) is 4.61. The van der Waals surface area contributed by atoms with Crippen molar-refractivity contribution in [2.24, 2.45) is 0 Å². The summed E-state index contributed by atoms with van der Waals surface area (Å²) < 4.78 is 67.5. The largest absolute Gasteiger partial charge is 0.573 e. The van der Waals surface area contributed by atoms with Crippen molar-refractivity contribution in [3.63, 3.8) is 0 Å². The zero-order valence-corrected chi connectivity index (χ0v) is 15.7. The molecule has 2 saturated heterocycles. The molecular weight excluding hydrogens is 389 g/mol. The lowest BCUT2D eigenvalue weighted by atomic mass is 10.2. The van der Waals surface area contributed by atoms with Gasteiger partial charge in [-0.1, -0.05) is 0 Å². The number of hydrogen-bond donors (Lipinski definition) is 0. The van der Waals surface area contributed by atoms with Crippen LogP contribution in [-0.2, 0) is 10.0 Å². The van der Waals surface area contributed by atoms with Gasteiger partial charge in [0.05, 0.1) is 4.90 Å². The van der Waals surface area contributed by atoms with Gasteiger partial charge in [-0.3, -0.25) is 4.90 Å². The van der Waals surface area contributed by atoms with E-state index in [-0.39, 0.29) is 4.90 Å². The first-order valence-electron chi connectivity index (χ1n) is 8.43. The van der Waals surface area contributed by atoms with Crippen LogP contribution in [0.3, 0.4) is 0 Å². The van der Waals surface area contributed by atoms with Crippen molar-refractivity contribution < 1.29 is 26.3 Å². The fourth-order valence-electron chi connectivity index (χ4n) is 3.29. The first kappa shape index (κ1) is 19.8. The summed E-state index contributed by atoms with van der Waals surface area (Å²) in [5.74, 6) is 1.81. The lowest BCUT2D eigenvalue weighted by Crippen LogP contribution is -2.39. The lowest BCUT2D eigenvalue weighted by Gasteiger charge is -2.26. The zero-order chi connectivity index (χ0) is 18.8. The van der Waals surface area contributed by atoms with Gasteiger partial charge >= 0.3 is 6.36 Å². The maximum atomic E-state index is 12.8. The monoisotopic (exact) mass is 410 g/mol. The smallest absolute Gasteiger partial charge is 0.406 e. The third-order valence-corrected chi connectivity index (χ3v) is 7.66. The summed E-state index contributed by atoms with van der Waals surface area (Å²) in [6.07, 6.45) is -2.92. The molecule has 0 aromatic heterocycles. The van der Waals surface area contributed by atoms with Crippen LogP contribution in [0.4, 0.5) is 13.2 Å². The Balaban J connectivity index is 1.67. The molecule has 0 N–H and O–H groups in total. The lowest BCUT2D eigenvalue weighted by molar-refractivity contribution is -0.274. The Morgan fingerprint density at radius 1 is 1.08 bits per heavy atom. The van der Waals surface area contributed by atoms with Crippen LogP contribution in [0.5, 0.6) is 5.75 Å². The maximum absolute atomic E-state index is 12.8. The molecule has 1 atom stereocenters. The van der Waals surface area contributed by atoms with Crippen molar-refractivity contribution in [1.82, 2.24) is 9.21 Å². The van der Waals surface area contributed by atoms with E-state index in [9.17, 15) is 21.6 Å². The van der Waals surface area contributed by atoms with Gasteiger partial charge < -0.3 is 4.74 Å². The van der Waals surface area contributed by atoms with Crippen molar-refractivity contribution in [2.75, 3.05) is 37.7 Å². The molecule has 2 heterocycles. The normalized spacial score (nSPS) is 23.7. The minimum atomic E-state index is -4.80. The van der Waals surface area contributed by atoms with Crippen LogP contribution in [-0.4, -0.2) is 67.7 Å². The maximum Gasteiger partial charge on any atom is 0.573 e. The van der Waals surface area contributed by atoms with E-state index in [2.05, 4.69) is 9.64 Å². The van der Waals surface area contributed by atoms with Gasteiger partial charge in [-0.05, 0) is 49.4 Å². The van der Waals surface area contributed by atoms with Gasteiger partial charge in [-0.2, -0.15) is 16.1 Å². The summed E-state index contributed by atoms with van der Waals surface area (Å²) >= 11 is 1.93. The second kappa shape index (κ2) is 7.95. The highest BCUT2D eigenvalue weighted by molar-refractivity contribution is 7.99. The molecule has 10 heteroatoms. The minimum Gasteiger partial charge on any atom is -0.406 e. The highest BCUT2D eigenvalue weighted by Gasteiger charge is 2.32. The minimum absolute atomic E-state index is 0.0168. The molecule has 0 aliphatic carbocycles. The van der Waals surface area contributed by atoms with E-state index in [0.29, 0.717) is 25.7 Å². The predicted molar refractivity (Wildman–Crippen MR) is 93.8 cm³/mol. The molecule has 26 heavy (non-hydrogen) atoms. The number of alkyl halides is 3. The Morgan fingerprint density at radius 3 is 2.42 bits per heavy atom. The highest BCUT2D eigenvalue weighted by atomic mass is 32.2. The van der Waals surface area contributed by atoms with Crippen molar-refractivity contribution >= 4 is 21.8 Å². The fraction of sp³-hybridized carbons (Fsp3) is 0.625. The molecule has 146 valence electrons. The molecule has 2 aliphatic rings. The molecule has 3 rings (SSSR count). The Bertz CT molecular complexity index is 704. The molecule has 0 radical (unpaired) electrons. The summed E-state index contributed by atoms with van der Waals surface area (Å²) in [4.78, 5) is 2.34. The molecule has 5 nitrogen and oxygen atoms in total. The van der Waals surface area contributed by atoms with Crippen molar-refractivity contribution in [3.05, 3.63) is 24.3 Å². The van der Waals surface area contributed by atoms with E-state index in [1.807, 2.05) is 11.8 Å². The van der Waals surface area contributed by atoms with E-state index in [0.717, 1.165) is 55.2 Å². The van der Waals surface area contributed by atoms with Crippen LogP contribution in [0.2, 0.25) is 0 Å². The van der Waals surface area contributed by atoms with Crippen LogP contribution < -0.4 is 4.74 Å². The third kappa shape index (κ3) is 4.85. The summed E-state index contributed by atoms with van der Waals surface area (Å²) in [5.41, 5.74) is 0. The molecular formula is C16H21F3N2O3S2. The van der Waals surface area contributed by atoms with Crippen LogP contribution in [0.25, 0.3) is 0 Å². The first-order valence-corrected chi connectivity index (χ1v) is 11.0. The number of rotatable bonds is 4. The number of benzene rings is 1. The number of thioether (sulfide) groups is 1. The van der Waals surface area contributed by atoms with Crippen molar-refractivity contribution in [3.8, 4) is 5.75 Å². The first-order chi connectivity index (χ1) is 12.3. The molecule has 2 aliphatic heterocycles. The second-order valence-corrected chi connectivity index (χ2v) is 9.42. The van der Waals surface area contributed by atoms with Crippen LogP contribution in [0, 0.1) is 0 Å². The van der Waals surface area contributed by atoms with Crippen LogP contribution in [0.15, 0.2) is 29.2 Å². The topological polar surface area (TPSA) is 49.9 Å². The Labute approximate surface area is 155 Å². The molecule has 1 aromatic carbocycles. The average Bonchev–Trinajstić information content (AvgIpc) is 2.98. The Morgan fingerprint density at radius 2 is 1.81 bits per heavy atom. The number of nitrogens with zero attached hydrogens (tertiary/aromatic N) is 2.